The Morgan fingerprint density at radius 2 is 2.12 bits per heavy atom. The lowest BCUT2D eigenvalue weighted by molar-refractivity contribution is -0.146. The Morgan fingerprint density at radius 3 is 2.85 bits per heavy atom. The number of ether oxygens (including phenoxy) is 2. The van der Waals surface area contributed by atoms with Gasteiger partial charge < -0.3 is 18.6 Å². The highest BCUT2D eigenvalue weighted by molar-refractivity contribution is 5.77. The van der Waals surface area contributed by atoms with Crippen LogP contribution < -0.4 is 4.74 Å². The van der Waals surface area contributed by atoms with Gasteiger partial charge in [0.25, 0.3) is 11.7 Å². The number of aromatic nitrogens is 6. The molecule has 0 radical (unpaired) electrons. The first-order valence-corrected chi connectivity index (χ1v) is 10.7. The maximum absolute atomic E-state index is 13.0. The molecule has 1 saturated heterocycles. The van der Waals surface area contributed by atoms with Gasteiger partial charge in [-0.25, -0.2) is 4.98 Å². The number of rotatable bonds is 4. The van der Waals surface area contributed by atoms with Crippen LogP contribution >= 0.6 is 0 Å². The van der Waals surface area contributed by atoms with E-state index in [0.717, 1.165) is 42.0 Å². The molecule has 0 saturated carbocycles. The first kappa shape index (κ1) is 20.9. The zero-order valence-electron chi connectivity index (χ0n) is 18.0. The summed E-state index contributed by atoms with van der Waals surface area (Å²) in [6, 6.07) is 5.57. The van der Waals surface area contributed by atoms with E-state index >= 15 is 0 Å². The van der Waals surface area contributed by atoms with Gasteiger partial charge in [0, 0.05) is 30.4 Å². The Morgan fingerprint density at radius 1 is 1.24 bits per heavy atom. The van der Waals surface area contributed by atoms with Crippen molar-refractivity contribution in [1.82, 2.24) is 29.5 Å². The molecule has 1 aromatic carbocycles. The van der Waals surface area contributed by atoms with Crippen molar-refractivity contribution < 1.29 is 27.2 Å². The first-order chi connectivity index (χ1) is 16.4. The van der Waals surface area contributed by atoms with Crippen molar-refractivity contribution in [2.45, 2.75) is 38.1 Å². The van der Waals surface area contributed by atoms with Crippen LogP contribution in [0.4, 0.5) is 13.2 Å². The zero-order chi connectivity index (χ0) is 23.4. The van der Waals surface area contributed by atoms with Crippen LogP contribution in [0.3, 0.4) is 0 Å². The first-order valence-electron chi connectivity index (χ1n) is 10.7. The highest BCUT2D eigenvalue weighted by Crippen LogP contribution is 2.39. The van der Waals surface area contributed by atoms with Crippen molar-refractivity contribution in [3.8, 4) is 34.3 Å². The fourth-order valence-electron chi connectivity index (χ4n) is 4.50. The molecule has 0 spiro atoms. The van der Waals surface area contributed by atoms with Crippen LogP contribution in [0.5, 0.6) is 5.75 Å². The normalized spacial score (nSPS) is 17.2. The number of hydrogen-bond acceptors (Lipinski definition) is 7. The molecule has 4 aromatic rings. The molecule has 12 heteroatoms. The van der Waals surface area contributed by atoms with Gasteiger partial charge in [-0.05, 0) is 31.0 Å². The molecule has 0 aliphatic carbocycles. The summed E-state index contributed by atoms with van der Waals surface area (Å²) in [7, 11) is 1.59. The van der Waals surface area contributed by atoms with Crippen LogP contribution in [0.2, 0.25) is 0 Å². The van der Waals surface area contributed by atoms with Gasteiger partial charge in [0.1, 0.15) is 12.1 Å². The number of halogens is 3. The number of hydrogen-bond donors (Lipinski definition) is 0. The van der Waals surface area contributed by atoms with Crippen molar-refractivity contribution in [2.75, 3.05) is 13.7 Å². The second kappa shape index (κ2) is 7.69. The summed E-state index contributed by atoms with van der Waals surface area (Å²) < 4.78 is 58.9. The fourth-order valence-corrected chi connectivity index (χ4v) is 4.50. The van der Waals surface area contributed by atoms with E-state index in [4.69, 9.17) is 19.1 Å². The summed E-state index contributed by atoms with van der Waals surface area (Å²) in [5, 5.41) is 7.92. The predicted octanol–water partition coefficient (Wildman–Crippen LogP) is 3.90. The van der Waals surface area contributed by atoms with Crippen LogP contribution in [0.25, 0.3) is 28.5 Å². The van der Waals surface area contributed by atoms with Crippen LogP contribution in [0.15, 0.2) is 35.2 Å². The van der Waals surface area contributed by atoms with Crippen LogP contribution in [0.1, 0.15) is 29.9 Å². The van der Waals surface area contributed by atoms with Gasteiger partial charge in [-0.15, -0.1) is 0 Å². The molecule has 0 N–H and O–H groups in total. The third-order valence-electron chi connectivity index (χ3n) is 6.08. The summed E-state index contributed by atoms with van der Waals surface area (Å²) in [5.41, 5.74) is 4.08. The van der Waals surface area contributed by atoms with Crippen LogP contribution in [-0.4, -0.2) is 49.3 Å². The highest BCUT2D eigenvalue weighted by atomic mass is 19.4. The van der Waals surface area contributed by atoms with E-state index in [1.54, 1.807) is 13.4 Å². The van der Waals surface area contributed by atoms with Gasteiger partial charge in [-0.1, -0.05) is 5.16 Å². The molecule has 5 heterocycles. The minimum atomic E-state index is -4.71. The molecule has 1 atom stereocenters. The molecule has 2 aliphatic rings. The maximum atomic E-state index is 13.0. The summed E-state index contributed by atoms with van der Waals surface area (Å²) in [6.07, 6.45) is 1.24. The Bertz CT molecular complexity index is 1370. The summed E-state index contributed by atoms with van der Waals surface area (Å²) in [4.78, 5) is 7.87. The van der Waals surface area contributed by atoms with Gasteiger partial charge in [0.2, 0.25) is 0 Å². The van der Waals surface area contributed by atoms with Gasteiger partial charge in [0.05, 0.1) is 36.8 Å². The summed E-state index contributed by atoms with van der Waals surface area (Å²) in [5.74, 6) is -0.965. The molecule has 34 heavy (non-hydrogen) atoms. The number of imidazole rings is 1. The number of methoxy groups -OCH3 is 1. The monoisotopic (exact) mass is 472 g/mol. The average Bonchev–Trinajstić information content (AvgIpc) is 3.60. The number of fused-ring (bicyclic) bond motifs is 5. The molecule has 3 aromatic heterocycles. The average molecular weight is 472 g/mol. The Labute approximate surface area is 191 Å². The van der Waals surface area contributed by atoms with E-state index in [2.05, 4.69) is 15.1 Å². The van der Waals surface area contributed by atoms with E-state index in [9.17, 15) is 13.2 Å². The second-order valence-corrected chi connectivity index (χ2v) is 8.25. The standard InChI is InChI=1S/C22H19F3N6O3/c1-32-13-4-5-16-15(8-13)18-12(9-30(28-18)10-14-3-2-6-33-14)7-17-19(26-11-31(16)17)20-27-21(29-34-20)22(23,24)25/h4-5,8-9,11,14H,2-3,6-7,10H2,1H3. The maximum Gasteiger partial charge on any atom is 0.455 e. The lowest BCUT2D eigenvalue weighted by Crippen LogP contribution is -2.15. The third kappa shape index (κ3) is 3.45. The molecular weight excluding hydrogens is 453 g/mol. The quantitative estimate of drug-likeness (QED) is 0.392. The summed E-state index contributed by atoms with van der Waals surface area (Å²) in [6.45, 7) is 1.37. The lowest BCUT2D eigenvalue weighted by Gasteiger charge is -2.12. The molecule has 9 nitrogen and oxygen atoms in total. The Hall–Kier alpha value is -3.67. The van der Waals surface area contributed by atoms with E-state index in [0.29, 0.717) is 24.4 Å². The Kier molecular flexibility index (Phi) is 4.73. The molecule has 0 amide bonds. The van der Waals surface area contributed by atoms with E-state index in [-0.39, 0.29) is 17.7 Å². The van der Waals surface area contributed by atoms with Crippen molar-refractivity contribution in [3.05, 3.63) is 47.8 Å². The van der Waals surface area contributed by atoms with Gasteiger partial charge in [0.15, 0.2) is 5.69 Å². The fraction of sp³-hybridized carbons (Fsp3) is 0.364. The van der Waals surface area contributed by atoms with Crippen LogP contribution in [0, 0.1) is 0 Å². The third-order valence-corrected chi connectivity index (χ3v) is 6.08. The number of benzene rings is 1. The molecule has 6 rings (SSSR count). The van der Waals surface area contributed by atoms with E-state index < -0.39 is 12.0 Å². The minimum Gasteiger partial charge on any atom is -0.497 e. The van der Waals surface area contributed by atoms with Crippen molar-refractivity contribution in [2.24, 2.45) is 0 Å². The van der Waals surface area contributed by atoms with Gasteiger partial charge in [-0.2, -0.15) is 23.3 Å². The molecule has 2 aliphatic heterocycles. The van der Waals surface area contributed by atoms with Crippen molar-refractivity contribution >= 4 is 0 Å². The van der Waals surface area contributed by atoms with E-state index in [1.807, 2.05) is 33.6 Å². The topological polar surface area (TPSA) is 93.0 Å². The predicted molar refractivity (Wildman–Crippen MR) is 111 cm³/mol. The molecule has 176 valence electrons. The Balaban J connectivity index is 1.48. The van der Waals surface area contributed by atoms with Gasteiger partial charge >= 0.3 is 6.18 Å². The molecular formula is C22H19F3N6O3. The zero-order valence-corrected chi connectivity index (χ0v) is 18.0. The molecule has 1 fully saturated rings. The number of alkyl halides is 3. The molecule has 0 bridgehead atoms. The van der Waals surface area contributed by atoms with Crippen LogP contribution in [-0.2, 0) is 23.9 Å². The minimum absolute atomic E-state index is 0.105. The van der Waals surface area contributed by atoms with Crippen molar-refractivity contribution in [3.63, 3.8) is 0 Å². The lowest BCUT2D eigenvalue weighted by atomic mass is 10.0. The smallest absolute Gasteiger partial charge is 0.455 e. The highest BCUT2D eigenvalue weighted by Gasteiger charge is 2.38. The largest absolute Gasteiger partial charge is 0.497 e. The SMILES string of the molecule is COc1ccc2c(c1)-c1nn(CC3CCCO3)cc1Cc1c(-c3nc(C(F)(F)F)no3)ncn1-2. The van der Waals surface area contributed by atoms with Crippen molar-refractivity contribution in [1.29, 1.82) is 0 Å². The summed E-state index contributed by atoms with van der Waals surface area (Å²) >= 11 is 0. The molecule has 1 unspecified atom stereocenters. The van der Waals surface area contributed by atoms with E-state index in [1.165, 1.54) is 0 Å². The second-order valence-electron chi connectivity index (χ2n) is 8.25. The number of nitrogens with zero attached hydrogens (tertiary/aromatic N) is 6. The van der Waals surface area contributed by atoms with Gasteiger partial charge in [-0.3, -0.25) is 4.68 Å².